The number of rotatable bonds is 64. The first-order valence-corrected chi connectivity index (χ1v) is 36.9. The third-order valence-electron chi connectivity index (χ3n) is 14.1. The predicted octanol–water partition coefficient (Wildman–Crippen LogP) is 18.5. The molecule has 18 heteroatoms. The molecule has 0 aliphatic heterocycles. The van der Waals surface area contributed by atoms with E-state index in [0.29, 0.717) is 19.3 Å². The van der Waals surface area contributed by atoms with Gasteiger partial charge in [-0.05, 0) is 96.3 Å². The molecule has 5 atom stereocenters. The molecule has 16 nitrogen and oxygen atoms in total. The second kappa shape index (κ2) is 62.9. The van der Waals surface area contributed by atoms with E-state index in [0.717, 1.165) is 128 Å². The molecule has 0 amide bonds. The van der Waals surface area contributed by atoms with Crippen LogP contribution >= 0.6 is 15.6 Å². The fourth-order valence-electron chi connectivity index (χ4n) is 8.92. The van der Waals surface area contributed by atoms with Crippen molar-refractivity contribution in [2.45, 2.75) is 296 Å². The highest BCUT2D eigenvalue weighted by atomic mass is 31.2. The molecule has 0 aliphatic rings. The Kier molecular flexibility index (Phi) is 60.5. The van der Waals surface area contributed by atoms with Gasteiger partial charge in [-0.3, -0.25) is 32.5 Å². The molecule has 4 N–H and O–H groups in total. The summed E-state index contributed by atoms with van der Waals surface area (Å²) in [5.74, 6) is -1.61. The third-order valence-corrected chi connectivity index (χ3v) is 16.0. The van der Waals surface area contributed by atoms with E-state index < -0.39 is 91.5 Å². The first kappa shape index (κ1) is 83.7. The number of ether oxygens (including phenoxy) is 3. The van der Waals surface area contributed by atoms with Crippen molar-refractivity contribution >= 4 is 33.6 Å². The maximum atomic E-state index is 12.9. The molecule has 0 bridgehead atoms. The van der Waals surface area contributed by atoms with Crippen molar-refractivity contribution in [1.82, 2.24) is 0 Å². The van der Waals surface area contributed by atoms with Gasteiger partial charge in [-0.15, -0.1) is 0 Å². The van der Waals surface area contributed by atoms with Gasteiger partial charge in [0.05, 0.1) is 26.4 Å². The Hall–Kier alpha value is -3.27. The molecule has 0 fully saturated rings. The first-order valence-electron chi connectivity index (χ1n) is 33.9. The van der Waals surface area contributed by atoms with Crippen LogP contribution in [0.3, 0.4) is 0 Å². The molecule has 87 heavy (non-hydrogen) atoms. The fourth-order valence-corrected chi connectivity index (χ4v) is 10.5. The minimum atomic E-state index is -4.93. The van der Waals surface area contributed by atoms with Crippen LogP contribution in [0, 0.1) is 0 Å². The van der Waals surface area contributed by atoms with Gasteiger partial charge in [-0.25, -0.2) is 9.13 Å². The van der Waals surface area contributed by atoms with Gasteiger partial charge in [0.15, 0.2) is 6.10 Å². The number of carbonyl (C=O) groups is 3. The van der Waals surface area contributed by atoms with E-state index in [9.17, 15) is 43.5 Å². The smallest absolute Gasteiger partial charge is 0.463 e. The van der Waals surface area contributed by atoms with Gasteiger partial charge in [-0.2, -0.15) is 0 Å². The summed E-state index contributed by atoms with van der Waals surface area (Å²) in [7, 11) is -9.78. The van der Waals surface area contributed by atoms with Crippen molar-refractivity contribution in [3.63, 3.8) is 0 Å². The van der Waals surface area contributed by atoms with Gasteiger partial charge in [0.25, 0.3) is 0 Å². The molecule has 0 saturated heterocycles. The highest BCUT2D eigenvalue weighted by Gasteiger charge is 2.29. The SMILES string of the molecule is CC/C=C\C/C=C\C/C=C\C/C=C\CCCCCCC(=O)OCC(COP(=O)(O)OCC(O)COP(=O)(O)OCC(O)COC(=O)CCCCCCCC/C=C\C/C=C\C/C=C\CCCCC)OC(=O)CCCCCCCCCCCCCCCCC. The zero-order valence-corrected chi connectivity index (χ0v) is 56.2. The van der Waals surface area contributed by atoms with E-state index in [1.165, 1.54) is 89.9 Å². The van der Waals surface area contributed by atoms with Crippen LogP contribution in [0.25, 0.3) is 0 Å². The second-order valence-corrected chi connectivity index (χ2v) is 25.5. The minimum Gasteiger partial charge on any atom is -0.463 e. The molecule has 0 aromatic rings. The van der Waals surface area contributed by atoms with Gasteiger partial charge in [0.1, 0.15) is 25.4 Å². The maximum absolute atomic E-state index is 12.9. The van der Waals surface area contributed by atoms with Gasteiger partial charge >= 0.3 is 33.6 Å². The number of hydrogen-bond acceptors (Lipinski definition) is 14. The van der Waals surface area contributed by atoms with E-state index in [1.807, 2.05) is 0 Å². The monoisotopic (exact) mass is 1270 g/mol. The van der Waals surface area contributed by atoms with E-state index >= 15 is 0 Å². The first-order chi connectivity index (χ1) is 42.2. The molecule has 0 spiro atoms. The average Bonchev–Trinajstić information content (AvgIpc) is 3.68. The Morgan fingerprint density at radius 2 is 0.609 bits per heavy atom. The number of phosphoric acid groups is 2. The molecule has 5 unspecified atom stereocenters. The number of unbranched alkanes of at least 4 members (excludes halogenated alkanes) is 27. The number of aliphatic hydroxyl groups excluding tert-OH is 2. The lowest BCUT2D eigenvalue weighted by Crippen LogP contribution is -2.30. The maximum Gasteiger partial charge on any atom is 0.472 e. The third kappa shape index (κ3) is 64.1. The van der Waals surface area contributed by atoms with Crippen LogP contribution in [0.5, 0.6) is 0 Å². The van der Waals surface area contributed by atoms with Crippen LogP contribution in [-0.4, -0.2) is 95.9 Å². The Morgan fingerprint density at radius 1 is 0.333 bits per heavy atom. The quantitative estimate of drug-likeness (QED) is 0.0146. The lowest BCUT2D eigenvalue weighted by Gasteiger charge is -2.21. The van der Waals surface area contributed by atoms with E-state index in [-0.39, 0.29) is 19.3 Å². The van der Waals surface area contributed by atoms with Gasteiger partial charge in [0.2, 0.25) is 0 Å². The Morgan fingerprint density at radius 3 is 0.989 bits per heavy atom. The van der Waals surface area contributed by atoms with Gasteiger partial charge in [-0.1, -0.05) is 247 Å². The molecule has 0 radical (unpaired) electrons. The molecule has 0 heterocycles. The topological polar surface area (TPSA) is 231 Å². The average molecular weight is 1270 g/mol. The highest BCUT2D eigenvalue weighted by Crippen LogP contribution is 2.45. The summed E-state index contributed by atoms with van der Waals surface area (Å²) < 4.78 is 60.8. The lowest BCUT2D eigenvalue weighted by molar-refractivity contribution is -0.161. The molecular weight excluding hydrogens is 1150 g/mol. The summed E-state index contributed by atoms with van der Waals surface area (Å²) in [6, 6.07) is 0. The number of phosphoric ester groups is 2. The molecular formula is C69H122O16P2. The van der Waals surface area contributed by atoms with Crippen LogP contribution in [0.1, 0.15) is 278 Å². The summed E-state index contributed by atoms with van der Waals surface area (Å²) in [4.78, 5) is 58.3. The van der Waals surface area contributed by atoms with Gasteiger partial charge < -0.3 is 34.2 Å². The van der Waals surface area contributed by atoms with Crippen molar-refractivity contribution in [1.29, 1.82) is 0 Å². The normalized spacial score (nSPS) is 14.8. The number of carbonyl (C=O) groups excluding carboxylic acids is 3. The van der Waals surface area contributed by atoms with Crippen molar-refractivity contribution in [3.05, 3.63) is 85.1 Å². The number of hydrogen-bond donors (Lipinski definition) is 4. The summed E-state index contributed by atoms with van der Waals surface area (Å²) in [5.41, 5.74) is 0. The van der Waals surface area contributed by atoms with Crippen LogP contribution in [0.4, 0.5) is 0 Å². The summed E-state index contributed by atoms with van der Waals surface area (Å²) >= 11 is 0. The molecule has 0 saturated carbocycles. The number of allylic oxidation sites excluding steroid dienone is 14. The minimum absolute atomic E-state index is 0.102. The molecule has 0 aliphatic carbocycles. The Bertz CT molecular complexity index is 1930. The van der Waals surface area contributed by atoms with Crippen LogP contribution in [-0.2, 0) is 55.8 Å². The molecule has 504 valence electrons. The van der Waals surface area contributed by atoms with E-state index in [1.54, 1.807) is 0 Å². The van der Waals surface area contributed by atoms with Crippen LogP contribution in [0.15, 0.2) is 85.1 Å². The van der Waals surface area contributed by atoms with Crippen molar-refractivity contribution in [2.75, 3.05) is 39.6 Å². The van der Waals surface area contributed by atoms with Crippen LogP contribution in [0.2, 0.25) is 0 Å². The zero-order chi connectivity index (χ0) is 63.8. The second-order valence-electron chi connectivity index (χ2n) is 22.6. The lowest BCUT2D eigenvalue weighted by atomic mass is 10.0. The Balaban J connectivity index is 4.69. The Labute approximate surface area is 527 Å². The number of esters is 3. The van der Waals surface area contributed by atoms with Crippen molar-refractivity contribution < 1.29 is 75.8 Å². The summed E-state index contributed by atoms with van der Waals surface area (Å²) in [6.07, 6.45) is 66.3. The zero-order valence-electron chi connectivity index (χ0n) is 54.4. The van der Waals surface area contributed by atoms with E-state index in [2.05, 4.69) is 106 Å². The predicted molar refractivity (Wildman–Crippen MR) is 353 cm³/mol. The van der Waals surface area contributed by atoms with Crippen molar-refractivity contribution in [2.24, 2.45) is 0 Å². The summed E-state index contributed by atoms with van der Waals surface area (Å²) in [5, 5.41) is 20.5. The van der Waals surface area contributed by atoms with Crippen LogP contribution < -0.4 is 0 Å². The summed E-state index contributed by atoms with van der Waals surface area (Å²) in [6.45, 7) is 2.50. The fraction of sp³-hybridized carbons (Fsp3) is 0.754. The van der Waals surface area contributed by atoms with Gasteiger partial charge in [0, 0.05) is 19.3 Å². The van der Waals surface area contributed by atoms with Crippen molar-refractivity contribution in [3.8, 4) is 0 Å². The molecule has 0 rings (SSSR count). The van der Waals surface area contributed by atoms with E-state index in [4.69, 9.17) is 32.3 Å². The largest absolute Gasteiger partial charge is 0.472 e. The highest BCUT2D eigenvalue weighted by molar-refractivity contribution is 7.47. The molecule has 0 aromatic carbocycles. The molecule has 0 aromatic heterocycles. The standard InChI is InChI=1S/C69H122O16P2/c1-4-7-10-13-16-19-22-25-28-30-31-33-36-37-40-43-46-49-52-55-67(72)79-58-64(70)59-81-86(75,76)82-60-65(71)61-83-87(77,78)84-63-66(85-69(74)57-54-51-48-45-42-39-34-27-24-21-18-15-12-9-6-3)62-80-68(73)56-53-50-47-44-41-38-35-32-29-26-23-20-17-14-11-8-5-2/h8,11,16-17,19-20,25-26,28-29,31,33,35,38,64-66,70-71H,4-7,9-10,12-15,18,21-24,27,30,32,34,36-37,39-63H2,1-3H3,(H,75,76)(H,77,78)/b11-8-,19-16-,20-17-,28-25-,29-26-,33-31-,38-35-. The number of aliphatic hydroxyl groups is 2.